The van der Waals surface area contributed by atoms with E-state index in [-0.39, 0.29) is 24.6 Å². The van der Waals surface area contributed by atoms with Gasteiger partial charge in [-0.25, -0.2) is 9.97 Å². The third-order valence-corrected chi connectivity index (χ3v) is 12.0. The summed E-state index contributed by atoms with van der Waals surface area (Å²) in [6.45, 7) is 7.98. The maximum atomic E-state index is 13.7. The van der Waals surface area contributed by atoms with E-state index in [2.05, 4.69) is 39.0 Å². The summed E-state index contributed by atoms with van der Waals surface area (Å²) in [5.41, 5.74) is 2.19. The Kier molecular flexibility index (Phi) is 8.25. The van der Waals surface area contributed by atoms with Gasteiger partial charge in [0.1, 0.15) is 16.2 Å². The first-order valence-electron chi connectivity index (χ1n) is 17.2. The lowest BCUT2D eigenvalue weighted by molar-refractivity contribution is -0.127. The molecule has 0 aromatic carbocycles. The minimum absolute atomic E-state index is 0.193. The Morgan fingerprint density at radius 1 is 1.06 bits per heavy atom. The van der Waals surface area contributed by atoms with Crippen LogP contribution in [0.25, 0.3) is 15.9 Å². The fourth-order valence-corrected chi connectivity index (χ4v) is 9.18. The minimum Gasteiger partial charge on any atom is -0.395 e. The van der Waals surface area contributed by atoms with E-state index in [1.165, 1.54) is 15.1 Å². The van der Waals surface area contributed by atoms with Crippen LogP contribution in [-0.4, -0.2) is 105 Å². The molecule has 1 unspecified atom stereocenters. The molecule has 1 aliphatic carbocycles. The number of nitrogens with zero attached hydrogens (tertiary/aromatic N) is 7. The number of amides is 1. The first-order chi connectivity index (χ1) is 23.7. The molecule has 2 saturated heterocycles. The first kappa shape index (κ1) is 32.1. The van der Waals surface area contributed by atoms with Crippen molar-refractivity contribution in [1.29, 1.82) is 0 Å². The van der Waals surface area contributed by atoms with Gasteiger partial charge < -0.3 is 25.0 Å². The number of carbonyl (C=O) groups is 1. The molecular formula is C36H42N8O4S. The molecule has 2 fully saturated rings. The smallest absolute Gasteiger partial charge is 0.290 e. The highest BCUT2D eigenvalue weighted by Crippen LogP contribution is 2.36. The second-order valence-corrected chi connectivity index (χ2v) is 15.1. The molecule has 12 nitrogen and oxygen atoms in total. The first-order valence-corrected chi connectivity index (χ1v) is 18.0. The molecule has 256 valence electrons. The molecule has 0 saturated carbocycles. The lowest BCUT2D eigenvalue weighted by atomic mass is 9.78. The number of thiophene rings is 1. The van der Waals surface area contributed by atoms with Crippen molar-refractivity contribution < 1.29 is 14.6 Å². The molecule has 7 heterocycles. The zero-order valence-corrected chi connectivity index (χ0v) is 28.9. The van der Waals surface area contributed by atoms with Gasteiger partial charge in [0.25, 0.3) is 11.5 Å². The summed E-state index contributed by atoms with van der Waals surface area (Å²) in [6, 6.07) is 8.78. The number of likely N-dealkylation sites (N-methyl/N-ethyl adjacent to an activating group) is 1. The number of anilines is 2. The largest absolute Gasteiger partial charge is 0.395 e. The van der Waals surface area contributed by atoms with Crippen LogP contribution in [0.5, 0.6) is 0 Å². The van der Waals surface area contributed by atoms with Crippen LogP contribution in [0.1, 0.15) is 42.7 Å². The highest BCUT2D eigenvalue weighted by Gasteiger charge is 2.40. The van der Waals surface area contributed by atoms with Crippen molar-refractivity contribution in [2.45, 2.75) is 63.1 Å². The summed E-state index contributed by atoms with van der Waals surface area (Å²) in [5, 5.41) is 19.6. The van der Waals surface area contributed by atoms with Gasteiger partial charge in [0.2, 0.25) is 0 Å². The fraction of sp³-hybridized carbons (Fsp3) is 0.472. The summed E-state index contributed by atoms with van der Waals surface area (Å²) in [5.74, 6) is 0.705. The SMILES string of the molecule is C[C@@H]1CN(c2ccc(NC3=CC(CO)(c4ccnc(-n5ncc6c7c(sc6c5=O)CCCC7)c4)CN(C)C3=O)nc2)[C@@H](C)CN1C1COC1. The zero-order valence-electron chi connectivity index (χ0n) is 28.1. The predicted octanol–water partition coefficient (Wildman–Crippen LogP) is 3.11. The molecule has 0 spiro atoms. The van der Waals surface area contributed by atoms with Crippen LogP contribution in [0.2, 0.25) is 0 Å². The quantitative estimate of drug-likeness (QED) is 0.300. The molecule has 0 bridgehead atoms. The van der Waals surface area contributed by atoms with E-state index in [1.54, 1.807) is 47.8 Å². The molecule has 3 atom stereocenters. The van der Waals surface area contributed by atoms with Crippen LogP contribution in [0.3, 0.4) is 0 Å². The Labute approximate surface area is 289 Å². The molecule has 4 aliphatic rings. The van der Waals surface area contributed by atoms with E-state index in [1.807, 2.05) is 24.4 Å². The van der Waals surface area contributed by atoms with Crippen LogP contribution < -0.4 is 15.8 Å². The number of hydrogen-bond acceptors (Lipinski definition) is 11. The number of piperazine rings is 1. The number of ether oxygens (including phenoxy) is 1. The van der Waals surface area contributed by atoms with Gasteiger partial charge in [-0.15, -0.1) is 11.3 Å². The Balaban J connectivity index is 1.06. The number of aliphatic hydroxyl groups excluding tert-OH is 1. The lowest BCUT2D eigenvalue weighted by Gasteiger charge is -2.50. The molecule has 1 amide bonds. The predicted molar refractivity (Wildman–Crippen MR) is 190 cm³/mol. The van der Waals surface area contributed by atoms with Crippen LogP contribution in [-0.2, 0) is 27.8 Å². The molecule has 49 heavy (non-hydrogen) atoms. The topological polar surface area (TPSA) is 129 Å². The summed E-state index contributed by atoms with van der Waals surface area (Å²) in [4.78, 5) is 44.1. The average molecular weight is 683 g/mol. The van der Waals surface area contributed by atoms with E-state index in [9.17, 15) is 14.7 Å². The van der Waals surface area contributed by atoms with E-state index in [0.717, 1.165) is 68.6 Å². The third kappa shape index (κ3) is 5.62. The summed E-state index contributed by atoms with van der Waals surface area (Å²) in [6.07, 6.45) is 11.3. The summed E-state index contributed by atoms with van der Waals surface area (Å²) < 4.78 is 7.48. The second-order valence-electron chi connectivity index (χ2n) is 14.0. The molecule has 13 heteroatoms. The number of nitrogens with one attached hydrogen (secondary N) is 1. The monoisotopic (exact) mass is 682 g/mol. The van der Waals surface area contributed by atoms with Gasteiger partial charge in [-0.1, -0.05) is 0 Å². The molecule has 4 aromatic heterocycles. The molecule has 8 rings (SSSR count). The van der Waals surface area contributed by atoms with Crippen molar-refractivity contribution in [3.05, 3.63) is 81.0 Å². The number of hydrogen-bond donors (Lipinski definition) is 2. The van der Waals surface area contributed by atoms with Crippen LogP contribution in [0, 0.1) is 0 Å². The van der Waals surface area contributed by atoms with E-state index < -0.39 is 5.41 Å². The lowest BCUT2D eigenvalue weighted by Crippen LogP contribution is -2.63. The number of rotatable bonds is 7. The van der Waals surface area contributed by atoms with Gasteiger partial charge >= 0.3 is 0 Å². The van der Waals surface area contributed by atoms with Crippen molar-refractivity contribution in [2.75, 3.05) is 56.7 Å². The number of aromatic nitrogens is 4. The zero-order chi connectivity index (χ0) is 33.9. The normalized spacial score (nSPS) is 24.9. The molecule has 3 aliphatic heterocycles. The Morgan fingerprint density at radius 3 is 2.65 bits per heavy atom. The average Bonchev–Trinajstić information content (AvgIpc) is 3.48. The van der Waals surface area contributed by atoms with Gasteiger partial charge in [0.05, 0.1) is 49.4 Å². The second kappa shape index (κ2) is 12.6. The van der Waals surface area contributed by atoms with Crippen molar-refractivity contribution in [3.8, 4) is 5.82 Å². The standard InChI is InChI=1S/C36H42N8O4S/c1-22-17-43(26-18-48-19-26)23(2)16-42(22)25-8-9-31(38-14-25)40-29-13-36(21-45,20-41(3)34(29)46)24-10-11-37-32(12-24)44-35(47)33-28(15-39-44)27-6-4-5-7-30(27)49-33/h8-15,22-23,26,45H,4-7,16-21H2,1-3H3,(H,38,40)/t22-,23+,36?/m0/s1. The Morgan fingerprint density at radius 2 is 1.90 bits per heavy atom. The van der Waals surface area contributed by atoms with Crippen molar-refractivity contribution in [1.82, 2.24) is 29.5 Å². The number of pyridine rings is 2. The minimum atomic E-state index is -0.949. The van der Waals surface area contributed by atoms with Crippen molar-refractivity contribution in [3.63, 3.8) is 0 Å². The van der Waals surface area contributed by atoms with Crippen LogP contribution in [0.4, 0.5) is 11.5 Å². The number of aryl methyl sites for hydroxylation is 2. The van der Waals surface area contributed by atoms with Gasteiger partial charge in [-0.2, -0.15) is 9.78 Å². The van der Waals surface area contributed by atoms with E-state index in [0.29, 0.717) is 40.2 Å². The maximum absolute atomic E-state index is 13.7. The number of fused-ring (bicyclic) bond motifs is 3. The van der Waals surface area contributed by atoms with E-state index in [4.69, 9.17) is 9.72 Å². The maximum Gasteiger partial charge on any atom is 0.290 e. The van der Waals surface area contributed by atoms with Gasteiger partial charge in [0.15, 0.2) is 5.82 Å². The number of carbonyl (C=O) groups excluding carboxylic acids is 1. The highest BCUT2D eigenvalue weighted by molar-refractivity contribution is 7.19. The van der Waals surface area contributed by atoms with Crippen LogP contribution >= 0.6 is 11.3 Å². The molecule has 4 aromatic rings. The van der Waals surface area contributed by atoms with Gasteiger partial charge in [0, 0.05) is 55.2 Å². The fourth-order valence-electron chi connectivity index (χ4n) is 7.90. The highest BCUT2D eigenvalue weighted by atomic mass is 32.1. The van der Waals surface area contributed by atoms with Crippen molar-refractivity contribution in [2.24, 2.45) is 0 Å². The summed E-state index contributed by atoms with van der Waals surface area (Å²) in [7, 11) is 1.72. The number of aliphatic hydroxyl groups is 1. The van der Waals surface area contributed by atoms with E-state index >= 15 is 0 Å². The molecule has 2 N–H and O–H groups in total. The molecule has 0 radical (unpaired) electrons. The Hall–Kier alpha value is -4.17. The summed E-state index contributed by atoms with van der Waals surface area (Å²) >= 11 is 1.57. The van der Waals surface area contributed by atoms with Crippen molar-refractivity contribution >= 4 is 38.8 Å². The van der Waals surface area contributed by atoms with Gasteiger partial charge in [-0.3, -0.25) is 14.5 Å². The van der Waals surface area contributed by atoms with Gasteiger partial charge in [-0.05, 0) is 81.0 Å². The van der Waals surface area contributed by atoms with Crippen LogP contribution in [0.15, 0.2) is 59.4 Å². The Bertz CT molecular complexity index is 1990. The molecular weight excluding hydrogens is 641 g/mol. The third-order valence-electron chi connectivity index (χ3n) is 10.7.